The standard InChI is InChI=1S/C18H24N2O4/c1-12-18(22)19-8-4-5-14(19)11-20(12)17(21)9-13-6-7-15(23-2)10-16(13)24-3/h6-7,10,12,14H,4-5,8-9,11H2,1-3H3/t12-,14-/m0/s1. The Kier molecular flexibility index (Phi) is 4.64. The van der Waals surface area contributed by atoms with Crippen LogP contribution in [-0.2, 0) is 16.0 Å². The second kappa shape index (κ2) is 6.71. The van der Waals surface area contributed by atoms with Gasteiger partial charge in [0.1, 0.15) is 17.5 Å². The summed E-state index contributed by atoms with van der Waals surface area (Å²) in [5.41, 5.74) is 0.803. The molecule has 2 aliphatic heterocycles. The predicted octanol–water partition coefficient (Wildman–Crippen LogP) is 1.47. The summed E-state index contributed by atoms with van der Waals surface area (Å²) < 4.78 is 10.6. The Morgan fingerprint density at radius 2 is 2.08 bits per heavy atom. The summed E-state index contributed by atoms with van der Waals surface area (Å²) in [5.74, 6) is 1.34. The number of fused-ring (bicyclic) bond motifs is 1. The van der Waals surface area contributed by atoms with Gasteiger partial charge >= 0.3 is 0 Å². The Balaban J connectivity index is 1.76. The highest BCUT2D eigenvalue weighted by Gasteiger charge is 2.41. The topological polar surface area (TPSA) is 59.1 Å². The fraction of sp³-hybridized carbons (Fsp3) is 0.556. The van der Waals surface area contributed by atoms with Gasteiger partial charge in [-0.3, -0.25) is 9.59 Å². The molecular formula is C18H24N2O4. The van der Waals surface area contributed by atoms with E-state index in [1.807, 2.05) is 24.0 Å². The van der Waals surface area contributed by atoms with Crippen molar-refractivity contribution in [1.29, 1.82) is 0 Å². The molecule has 0 spiro atoms. The molecule has 2 fully saturated rings. The van der Waals surface area contributed by atoms with E-state index in [4.69, 9.17) is 9.47 Å². The molecule has 2 aliphatic rings. The van der Waals surface area contributed by atoms with Crippen LogP contribution in [0.25, 0.3) is 0 Å². The number of carbonyl (C=O) groups excluding carboxylic acids is 2. The van der Waals surface area contributed by atoms with Crippen LogP contribution in [0.1, 0.15) is 25.3 Å². The van der Waals surface area contributed by atoms with Crippen molar-refractivity contribution in [2.24, 2.45) is 0 Å². The van der Waals surface area contributed by atoms with Gasteiger partial charge in [0.25, 0.3) is 0 Å². The lowest BCUT2D eigenvalue weighted by Gasteiger charge is -2.41. The highest BCUT2D eigenvalue weighted by Crippen LogP contribution is 2.28. The minimum atomic E-state index is -0.393. The molecule has 1 aromatic carbocycles. The summed E-state index contributed by atoms with van der Waals surface area (Å²) in [4.78, 5) is 28.9. The second-order valence-electron chi connectivity index (χ2n) is 6.40. The maximum atomic E-state index is 12.8. The van der Waals surface area contributed by atoms with E-state index in [0.29, 0.717) is 18.0 Å². The van der Waals surface area contributed by atoms with Gasteiger partial charge in [-0.05, 0) is 25.8 Å². The number of benzene rings is 1. The molecule has 6 nitrogen and oxygen atoms in total. The van der Waals surface area contributed by atoms with E-state index < -0.39 is 6.04 Å². The van der Waals surface area contributed by atoms with Crippen molar-refractivity contribution in [2.75, 3.05) is 27.3 Å². The lowest BCUT2D eigenvalue weighted by molar-refractivity contribution is -0.152. The first kappa shape index (κ1) is 16.6. The molecule has 0 radical (unpaired) electrons. The smallest absolute Gasteiger partial charge is 0.245 e. The second-order valence-corrected chi connectivity index (χ2v) is 6.40. The van der Waals surface area contributed by atoms with E-state index in [2.05, 4.69) is 0 Å². The van der Waals surface area contributed by atoms with Crippen LogP contribution in [0.15, 0.2) is 18.2 Å². The van der Waals surface area contributed by atoms with Crippen LogP contribution in [0.3, 0.4) is 0 Å². The first-order valence-corrected chi connectivity index (χ1v) is 8.36. The van der Waals surface area contributed by atoms with Crippen molar-refractivity contribution in [3.8, 4) is 11.5 Å². The molecule has 3 rings (SSSR count). The van der Waals surface area contributed by atoms with E-state index in [-0.39, 0.29) is 24.3 Å². The quantitative estimate of drug-likeness (QED) is 0.838. The fourth-order valence-corrected chi connectivity index (χ4v) is 3.65. The Morgan fingerprint density at radius 3 is 2.79 bits per heavy atom. The molecule has 1 aromatic rings. The van der Waals surface area contributed by atoms with E-state index in [0.717, 1.165) is 24.9 Å². The minimum absolute atomic E-state index is 0.0362. The Morgan fingerprint density at radius 1 is 1.29 bits per heavy atom. The number of piperazine rings is 1. The van der Waals surface area contributed by atoms with E-state index >= 15 is 0 Å². The molecule has 2 heterocycles. The fourth-order valence-electron chi connectivity index (χ4n) is 3.65. The van der Waals surface area contributed by atoms with E-state index in [1.54, 1.807) is 25.2 Å². The van der Waals surface area contributed by atoms with Crippen LogP contribution in [0, 0.1) is 0 Å². The number of ether oxygens (including phenoxy) is 2. The van der Waals surface area contributed by atoms with Crippen LogP contribution >= 0.6 is 0 Å². The van der Waals surface area contributed by atoms with Crippen LogP contribution in [0.4, 0.5) is 0 Å². The molecule has 6 heteroatoms. The monoisotopic (exact) mass is 332 g/mol. The molecule has 2 amide bonds. The maximum Gasteiger partial charge on any atom is 0.245 e. The number of rotatable bonds is 4. The predicted molar refractivity (Wildman–Crippen MR) is 89.2 cm³/mol. The zero-order valence-electron chi connectivity index (χ0n) is 14.4. The summed E-state index contributed by atoms with van der Waals surface area (Å²) in [7, 11) is 3.17. The van der Waals surface area contributed by atoms with Crippen molar-refractivity contribution in [3.63, 3.8) is 0 Å². The van der Waals surface area contributed by atoms with Gasteiger partial charge in [0, 0.05) is 30.8 Å². The largest absolute Gasteiger partial charge is 0.497 e. The van der Waals surface area contributed by atoms with Gasteiger partial charge in [0.15, 0.2) is 0 Å². The first-order chi connectivity index (χ1) is 11.5. The lowest BCUT2D eigenvalue weighted by Crippen LogP contribution is -2.60. The summed E-state index contributed by atoms with van der Waals surface area (Å²) in [6.07, 6.45) is 2.23. The maximum absolute atomic E-state index is 12.8. The number of hydrogen-bond donors (Lipinski definition) is 0. The zero-order chi connectivity index (χ0) is 17.3. The summed E-state index contributed by atoms with van der Waals surface area (Å²) in [5, 5.41) is 0. The lowest BCUT2D eigenvalue weighted by atomic mass is 10.0. The third kappa shape index (κ3) is 2.92. The average Bonchev–Trinajstić information content (AvgIpc) is 3.07. The SMILES string of the molecule is COc1ccc(CC(=O)N2C[C@@H]3CCCN3C(=O)[C@@H]2C)c(OC)c1. The number of methoxy groups -OCH3 is 2. The molecule has 0 saturated carbocycles. The van der Waals surface area contributed by atoms with Crippen molar-refractivity contribution in [1.82, 2.24) is 9.80 Å². The van der Waals surface area contributed by atoms with Crippen molar-refractivity contribution < 1.29 is 19.1 Å². The van der Waals surface area contributed by atoms with E-state index in [1.165, 1.54) is 0 Å². The molecule has 0 N–H and O–H groups in total. The summed E-state index contributed by atoms with van der Waals surface area (Å²) in [6.45, 7) is 3.27. The molecule has 0 aromatic heterocycles. The number of nitrogens with zero attached hydrogens (tertiary/aromatic N) is 2. The van der Waals surface area contributed by atoms with Gasteiger partial charge in [0.2, 0.25) is 11.8 Å². The third-order valence-electron chi connectivity index (χ3n) is 5.05. The summed E-state index contributed by atoms with van der Waals surface area (Å²) >= 11 is 0. The normalized spacial score (nSPS) is 23.2. The molecule has 130 valence electrons. The third-order valence-corrected chi connectivity index (χ3v) is 5.05. The molecule has 24 heavy (non-hydrogen) atoms. The van der Waals surface area contributed by atoms with Gasteiger partial charge in [-0.25, -0.2) is 0 Å². The number of amides is 2. The first-order valence-electron chi connectivity index (χ1n) is 8.36. The van der Waals surface area contributed by atoms with Gasteiger partial charge in [0.05, 0.1) is 20.6 Å². The zero-order valence-corrected chi connectivity index (χ0v) is 14.4. The molecule has 2 saturated heterocycles. The van der Waals surface area contributed by atoms with Gasteiger partial charge in [-0.15, -0.1) is 0 Å². The Hall–Kier alpha value is -2.24. The van der Waals surface area contributed by atoms with Gasteiger partial charge < -0.3 is 19.3 Å². The van der Waals surface area contributed by atoms with Crippen LogP contribution in [-0.4, -0.2) is 61.0 Å². The minimum Gasteiger partial charge on any atom is -0.497 e. The Bertz CT molecular complexity index is 646. The van der Waals surface area contributed by atoms with Crippen molar-refractivity contribution >= 4 is 11.8 Å². The molecule has 0 bridgehead atoms. The highest BCUT2D eigenvalue weighted by atomic mass is 16.5. The molecular weight excluding hydrogens is 308 g/mol. The van der Waals surface area contributed by atoms with Gasteiger partial charge in [-0.1, -0.05) is 6.07 Å². The summed E-state index contributed by atoms with van der Waals surface area (Å²) in [6, 6.07) is 5.21. The Labute approximate surface area is 142 Å². The van der Waals surface area contributed by atoms with Crippen molar-refractivity contribution in [3.05, 3.63) is 23.8 Å². The molecule has 2 atom stereocenters. The number of hydrogen-bond acceptors (Lipinski definition) is 4. The van der Waals surface area contributed by atoms with Crippen LogP contribution in [0.5, 0.6) is 11.5 Å². The average molecular weight is 332 g/mol. The van der Waals surface area contributed by atoms with E-state index in [9.17, 15) is 9.59 Å². The van der Waals surface area contributed by atoms with Crippen LogP contribution < -0.4 is 9.47 Å². The molecule has 0 aliphatic carbocycles. The van der Waals surface area contributed by atoms with Crippen LogP contribution in [0.2, 0.25) is 0 Å². The number of carbonyl (C=O) groups is 2. The molecule has 0 unspecified atom stereocenters. The van der Waals surface area contributed by atoms with Gasteiger partial charge in [-0.2, -0.15) is 0 Å². The highest BCUT2D eigenvalue weighted by molar-refractivity contribution is 5.90. The van der Waals surface area contributed by atoms with Crippen molar-refractivity contribution in [2.45, 2.75) is 38.3 Å².